The zero-order chi connectivity index (χ0) is 27.8. The number of alkyl halides is 3. The van der Waals surface area contributed by atoms with Gasteiger partial charge < -0.3 is 14.8 Å². The molecule has 1 aromatic heterocycles. The Hall–Kier alpha value is -3.49. The molecule has 3 rings (SSSR count). The summed E-state index contributed by atoms with van der Waals surface area (Å²) < 4.78 is 79.6. The van der Waals surface area contributed by atoms with Crippen LogP contribution in [-0.4, -0.2) is 61.2 Å². The Labute approximate surface area is 212 Å². The third kappa shape index (κ3) is 5.92. The number of anilines is 2. The number of fused-ring (bicyclic) bond motifs is 1. The van der Waals surface area contributed by atoms with Crippen LogP contribution in [0, 0.1) is 6.92 Å². The lowest BCUT2D eigenvalue weighted by atomic mass is 10.1. The van der Waals surface area contributed by atoms with E-state index < -0.39 is 34.0 Å². The minimum absolute atomic E-state index is 0.0207. The van der Waals surface area contributed by atoms with Crippen molar-refractivity contribution >= 4 is 33.4 Å². The maximum absolute atomic E-state index is 13.7. The van der Waals surface area contributed by atoms with Gasteiger partial charge in [-0.05, 0) is 45.9 Å². The quantitative estimate of drug-likeness (QED) is 0.544. The van der Waals surface area contributed by atoms with Gasteiger partial charge in [0.05, 0.1) is 30.7 Å². The number of ether oxygens (including phenoxy) is 2. The van der Waals surface area contributed by atoms with E-state index in [-0.39, 0.29) is 41.0 Å². The fourth-order valence-electron chi connectivity index (χ4n) is 3.53. The van der Waals surface area contributed by atoms with E-state index in [1.807, 2.05) is 0 Å². The van der Waals surface area contributed by atoms with E-state index in [0.717, 1.165) is 4.31 Å². The number of amides is 2. The Kier molecular flexibility index (Phi) is 7.67. The second-order valence-corrected chi connectivity index (χ2v) is 10.7. The number of sulfonamides is 1. The fraction of sp³-hybridized carbons (Fsp3) is 0.500. The molecule has 0 saturated heterocycles. The van der Waals surface area contributed by atoms with E-state index in [1.165, 1.54) is 36.0 Å². The van der Waals surface area contributed by atoms with Crippen molar-refractivity contribution in [2.75, 3.05) is 22.7 Å². The molecule has 0 aliphatic carbocycles. The van der Waals surface area contributed by atoms with Crippen LogP contribution in [0.15, 0.2) is 29.3 Å². The van der Waals surface area contributed by atoms with Crippen LogP contribution < -0.4 is 19.7 Å². The van der Waals surface area contributed by atoms with Gasteiger partial charge in [0, 0.05) is 19.2 Å². The van der Waals surface area contributed by atoms with E-state index >= 15 is 0 Å². The molecule has 1 atom stereocenters. The van der Waals surface area contributed by atoms with Crippen LogP contribution in [-0.2, 0) is 26.1 Å². The molecule has 1 aliphatic heterocycles. The lowest BCUT2D eigenvalue weighted by Crippen LogP contribution is -2.48. The summed E-state index contributed by atoms with van der Waals surface area (Å²) in [6.45, 7) is 6.40. The van der Waals surface area contributed by atoms with Crippen molar-refractivity contribution in [3.05, 3.63) is 30.1 Å². The third-order valence-corrected chi connectivity index (χ3v) is 7.55. The second kappa shape index (κ2) is 10.1. The maximum atomic E-state index is 13.7. The van der Waals surface area contributed by atoms with Crippen LogP contribution in [0.5, 0.6) is 5.75 Å². The Morgan fingerprint density at radius 3 is 2.51 bits per heavy atom. The highest BCUT2D eigenvalue weighted by Crippen LogP contribution is 2.40. The number of hydrogen-bond acceptors (Lipinski definition) is 7. The molecule has 37 heavy (non-hydrogen) atoms. The van der Waals surface area contributed by atoms with E-state index in [9.17, 15) is 31.2 Å². The standard InChI is InChI=1S/C22H28F3N5O6S/c1-6-29-13(2)19(11-27-29)37(33,34)30-12-16(10-26-14(3)31)35-18-8-7-15(9-17(18)30)28-20(32)36-21(4,5)22(23,24)25/h7-9,11,16H,6,10,12H2,1-5H3,(H,26,31)(H,28,32)/t16-/m0/s1. The molecule has 2 N–H and O–H groups in total. The Morgan fingerprint density at radius 1 is 1.27 bits per heavy atom. The van der Waals surface area contributed by atoms with E-state index in [0.29, 0.717) is 26.1 Å². The zero-order valence-electron chi connectivity index (χ0n) is 20.8. The predicted octanol–water partition coefficient (Wildman–Crippen LogP) is 3.19. The number of rotatable bonds is 7. The molecule has 204 valence electrons. The van der Waals surface area contributed by atoms with Gasteiger partial charge in [0.1, 0.15) is 16.7 Å². The average Bonchev–Trinajstić information content (AvgIpc) is 3.17. The van der Waals surface area contributed by atoms with Gasteiger partial charge in [0.2, 0.25) is 11.5 Å². The third-order valence-electron chi connectivity index (χ3n) is 5.67. The number of nitrogens with one attached hydrogen (secondary N) is 2. The van der Waals surface area contributed by atoms with Gasteiger partial charge in [-0.15, -0.1) is 0 Å². The first-order valence-electron chi connectivity index (χ1n) is 11.2. The topological polar surface area (TPSA) is 132 Å². The first-order chi connectivity index (χ1) is 17.1. The molecular weight excluding hydrogens is 519 g/mol. The lowest BCUT2D eigenvalue weighted by Gasteiger charge is -2.35. The second-order valence-electron chi connectivity index (χ2n) is 8.83. The number of aryl methyl sites for hydroxylation is 1. The van der Waals surface area contributed by atoms with Crippen LogP contribution in [0.4, 0.5) is 29.3 Å². The van der Waals surface area contributed by atoms with Crippen molar-refractivity contribution in [1.29, 1.82) is 0 Å². The van der Waals surface area contributed by atoms with Crippen LogP contribution in [0.25, 0.3) is 0 Å². The largest absolute Gasteiger partial charge is 0.484 e. The number of carbonyl (C=O) groups is 2. The molecule has 0 fully saturated rings. The molecule has 15 heteroatoms. The summed E-state index contributed by atoms with van der Waals surface area (Å²) in [5.41, 5.74) is -2.33. The molecule has 0 saturated carbocycles. The van der Waals surface area contributed by atoms with E-state index in [2.05, 4.69) is 20.5 Å². The predicted molar refractivity (Wildman–Crippen MR) is 127 cm³/mol. The van der Waals surface area contributed by atoms with Gasteiger partial charge in [-0.1, -0.05) is 0 Å². The number of aromatic nitrogens is 2. The van der Waals surface area contributed by atoms with Gasteiger partial charge in [0.15, 0.2) is 0 Å². The fourth-order valence-corrected chi connectivity index (χ4v) is 5.19. The van der Waals surface area contributed by atoms with Crippen LogP contribution >= 0.6 is 0 Å². The molecule has 1 aromatic carbocycles. The van der Waals surface area contributed by atoms with E-state index in [1.54, 1.807) is 13.8 Å². The molecule has 2 amide bonds. The van der Waals surface area contributed by atoms with Crippen LogP contribution in [0.3, 0.4) is 0 Å². The average molecular weight is 548 g/mol. The highest BCUT2D eigenvalue weighted by molar-refractivity contribution is 7.92. The summed E-state index contributed by atoms with van der Waals surface area (Å²) in [6, 6.07) is 3.94. The highest BCUT2D eigenvalue weighted by Gasteiger charge is 2.51. The number of halogens is 3. The summed E-state index contributed by atoms with van der Waals surface area (Å²) in [4.78, 5) is 23.5. The summed E-state index contributed by atoms with van der Waals surface area (Å²) in [6.07, 6.45) is -5.70. The van der Waals surface area contributed by atoms with Crippen LogP contribution in [0.2, 0.25) is 0 Å². The smallest absolute Gasteiger partial charge is 0.427 e. The van der Waals surface area contributed by atoms with Crippen molar-refractivity contribution in [2.45, 2.75) is 63.9 Å². The van der Waals surface area contributed by atoms with Gasteiger partial charge in [-0.25, -0.2) is 13.2 Å². The van der Waals surface area contributed by atoms with Gasteiger partial charge >= 0.3 is 12.3 Å². The normalized spacial score (nSPS) is 16.0. The first-order valence-corrected chi connectivity index (χ1v) is 12.7. The van der Waals surface area contributed by atoms with E-state index in [4.69, 9.17) is 4.74 Å². The van der Waals surface area contributed by atoms with Gasteiger partial charge in [0.25, 0.3) is 10.0 Å². The Balaban J connectivity index is 1.98. The Morgan fingerprint density at radius 2 is 1.95 bits per heavy atom. The first kappa shape index (κ1) is 28.1. The molecule has 1 aliphatic rings. The number of hydrogen-bond donors (Lipinski definition) is 2. The molecule has 0 unspecified atom stereocenters. The molecule has 0 bridgehead atoms. The zero-order valence-corrected chi connectivity index (χ0v) is 21.7. The minimum atomic E-state index is -4.80. The molecule has 0 radical (unpaired) electrons. The summed E-state index contributed by atoms with van der Waals surface area (Å²) in [7, 11) is -4.20. The molecular formula is C22H28F3N5O6S. The Bertz CT molecular complexity index is 1290. The highest BCUT2D eigenvalue weighted by atomic mass is 32.2. The molecule has 11 nitrogen and oxygen atoms in total. The van der Waals surface area contributed by atoms with Gasteiger partial charge in [-0.3, -0.25) is 19.1 Å². The summed E-state index contributed by atoms with van der Waals surface area (Å²) >= 11 is 0. The lowest BCUT2D eigenvalue weighted by molar-refractivity contribution is -0.242. The van der Waals surface area contributed by atoms with Crippen molar-refractivity contribution in [2.24, 2.45) is 0 Å². The van der Waals surface area contributed by atoms with Gasteiger partial charge in [-0.2, -0.15) is 18.3 Å². The summed E-state index contributed by atoms with van der Waals surface area (Å²) in [5.74, 6) is -0.205. The number of benzene rings is 1. The molecule has 2 aromatic rings. The van der Waals surface area contributed by atoms with Crippen molar-refractivity contribution in [3.63, 3.8) is 0 Å². The SMILES string of the molecule is CCn1ncc(S(=O)(=O)N2C[C@H](CNC(C)=O)Oc3ccc(NC(=O)OC(C)(C)C(F)(F)F)cc32)c1C. The van der Waals surface area contributed by atoms with Crippen molar-refractivity contribution < 1.29 is 40.7 Å². The number of carbonyl (C=O) groups excluding carboxylic acids is 2. The number of nitrogens with zero attached hydrogens (tertiary/aromatic N) is 3. The minimum Gasteiger partial charge on any atom is -0.484 e. The maximum Gasteiger partial charge on any atom is 0.427 e. The van der Waals surface area contributed by atoms with Crippen molar-refractivity contribution in [1.82, 2.24) is 15.1 Å². The molecule has 0 spiro atoms. The van der Waals surface area contributed by atoms with Crippen LogP contribution in [0.1, 0.15) is 33.4 Å². The van der Waals surface area contributed by atoms with Crippen molar-refractivity contribution in [3.8, 4) is 5.75 Å². The monoisotopic (exact) mass is 547 g/mol. The molecule has 2 heterocycles. The summed E-state index contributed by atoms with van der Waals surface area (Å²) in [5, 5.41) is 8.88.